The molecule has 0 spiro atoms. The molecule has 0 aromatic heterocycles. The van der Waals surface area contributed by atoms with Crippen molar-refractivity contribution < 1.29 is 19.1 Å². The second-order valence-corrected chi connectivity index (χ2v) is 9.09. The molecule has 0 saturated heterocycles. The number of amides is 1. The van der Waals surface area contributed by atoms with E-state index in [0.29, 0.717) is 17.7 Å². The lowest BCUT2D eigenvalue weighted by molar-refractivity contribution is -0.136. The van der Waals surface area contributed by atoms with Gasteiger partial charge in [-0.3, -0.25) is 4.79 Å². The first-order chi connectivity index (χ1) is 17.0. The van der Waals surface area contributed by atoms with Crippen molar-refractivity contribution in [2.75, 3.05) is 14.2 Å². The van der Waals surface area contributed by atoms with Gasteiger partial charge in [0.1, 0.15) is 5.75 Å². The maximum atomic E-state index is 13.0. The number of nitrogens with zero attached hydrogens (tertiary/aromatic N) is 2. The summed E-state index contributed by atoms with van der Waals surface area (Å²) >= 11 is 1.46. The van der Waals surface area contributed by atoms with Gasteiger partial charge in [0.15, 0.2) is 5.17 Å². The van der Waals surface area contributed by atoms with Crippen LogP contribution in [0.5, 0.6) is 5.75 Å². The summed E-state index contributed by atoms with van der Waals surface area (Å²) in [4.78, 5) is 32.7. The molecule has 2 aromatic carbocycles. The highest BCUT2D eigenvalue weighted by atomic mass is 32.2. The molecule has 182 valence electrons. The molecule has 0 aliphatic carbocycles. The van der Waals surface area contributed by atoms with Crippen LogP contribution in [-0.4, -0.2) is 36.2 Å². The van der Waals surface area contributed by atoms with Gasteiger partial charge in [-0.05, 0) is 42.0 Å². The van der Waals surface area contributed by atoms with Crippen molar-refractivity contribution in [1.82, 2.24) is 10.2 Å². The van der Waals surface area contributed by atoms with Gasteiger partial charge >= 0.3 is 5.97 Å². The van der Waals surface area contributed by atoms with E-state index in [-0.39, 0.29) is 18.4 Å². The summed E-state index contributed by atoms with van der Waals surface area (Å²) in [5, 5.41) is 5.76. The third-order valence-corrected chi connectivity index (χ3v) is 6.97. The normalized spacial score (nSPS) is 17.8. The van der Waals surface area contributed by atoms with Gasteiger partial charge in [-0.25, -0.2) is 9.79 Å². The fourth-order valence-corrected chi connectivity index (χ4v) is 5.23. The maximum Gasteiger partial charge on any atom is 0.338 e. The molecule has 2 heterocycles. The van der Waals surface area contributed by atoms with E-state index in [1.54, 1.807) is 7.11 Å². The molecule has 1 amide bonds. The quantitative estimate of drug-likeness (QED) is 0.518. The van der Waals surface area contributed by atoms with Crippen molar-refractivity contribution >= 4 is 28.8 Å². The second kappa shape index (κ2) is 10.8. The van der Waals surface area contributed by atoms with Gasteiger partial charge in [0.2, 0.25) is 5.91 Å². The van der Waals surface area contributed by atoms with Crippen molar-refractivity contribution in [3.05, 3.63) is 88.1 Å². The van der Waals surface area contributed by atoms with Crippen LogP contribution in [0.15, 0.2) is 82.0 Å². The lowest BCUT2D eigenvalue weighted by Gasteiger charge is -2.36. The van der Waals surface area contributed by atoms with Crippen molar-refractivity contribution in [1.29, 1.82) is 0 Å². The molecule has 2 atom stereocenters. The Kier molecular flexibility index (Phi) is 7.60. The molecule has 4 rings (SSSR count). The van der Waals surface area contributed by atoms with E-state index in [9.17, 15) is 9.59 Å². The fraction of sp³-hybridized carbons (Fsp3) is 0.296. The van der Waals surface area contributed by atoms with Crippen LogP contribution < -0.4 is 10.1 Å². The number of rotatable bonds is 8. The third kappa shape index (κ3) is 5.12. The number of amidine groups is 1. The Morgan fingerprint density at radius 1 is 1.11 bits per heavy atom. The number of carbonyl (C=O) groups excluding carboxylic acids is 2. The number of aliphatic imine (C=N–C) groups is 1. The van der Waals surface area contributed by atoms with E-state index in [2.05, 4.69) is 5.32 Å². The first-order valence-electron chi connectivity index (χ1n) is 11.5. The second-order valence-electron chi connectivity index (χ2n) is 8.25. The minimum atomic E-state index is -0.462. The van der Waals surface area contributed by atoms with Crippen LogP contribution in [0.2, 0.25) is 0 Å². The van der Waals surface area contributed by atoms with Gasteiger partial charge in [0.25, 0.3) is 0 Å². The molecule has 0 saturated carbocycles. The largest absolute Gasteiger partial charge is 0.497 e. The molecule has 8 heteroatoms. The van der Waals surface area contributed by atoms with Crippen molar-refractivity contribution in [3.8, 4) is 5.75 Å². The zero-order valence-corrected chi connectivity index (χ0v) is 21.1. The van der Waals surface area contributed by atoms with E-state index in [0.717, 1.165) is 27.7 Å². The maximum absolute atomic E-state index is 13.0. The molecular formula is C27H29N3O4S. The molecule has 0 bridgehead atoms. The number of benzene rings is 2. The molecule has 0 radical (unpaired) electrons. The summed E-state index contributed by atoms with van der Waals surface area (Å²) in [6, 6.07) is 16.8. The van der Waals surface area contributed by atoms with Crippen LogP contribution in [0.3, 0.4) is 0 Å². The van der Waals surface area contributed by atoms with Crippen LogP contribution in [-0.2, 0) is 14.3 Å². The van der Waals surface area contributed by atoms with Crippen LogP contribution in [0, 0.1) is 0 Å². The Balaban J connectivity index is 1.64. The smallest absolute Gasteiger partial charge is 0.338 e. The molecule has 2 aliphatic rings. The average molecular weight is 492 g/mol. The van der Waals surface area contributed by atoms with Gasteiger partial charge in [-0.1, -0.05) is 61.2 Å². The molecule has 1 N–H and O–H groups in total. The van der Waals surface area contributed by atoms with Crippen molar-refractivity contribution in [2.45, 2.75) is 38.8 Å². The van der Waals surface area contributed by atoms with E-state index in [1.807, 2.05) is 78.8 Å². The number of fused-ring (bicyclic) bond motifs is 1. The van der Waals surface area contributed by atoms with Gasteiger partial charge in [0, 0.05) is 5.70 Å². The number of esters is 1. The summed E-state index contributed by atoms with van der Waals surface area (Å²) in [5.41, 5.74) is 3.87. The Morgan fingerprint density at radius 2 is 1.83 bits per heavy atom. The van der Waals surface area contributed by atoms with Crippen molar-refractivity contribution in [3.63, 3.8) is 0 Å². The van der Waals surface area contributed by atoms with Gasteiger partial charge in [0.05, 0.1) is 44.0 Å². The zero-order valence-electron chi connectivity index (χ0n) is 20.3. The SMILES string of the molecule is CCC1=C(C(=O)OC)[C@@H](c2ccc(OC)cc2)N2C(CC(=O)N[C@@H](C)c3ccccc3)=CSC2=N1. The minimum absolute atomic E-state index is 0.104. The number of ether oxygens (including phenoxy) is 2. The van der Waals surface area contributed by atoms with E-state index in [4.69, 9.17) is 14.5 Å². The Bertz CT molecular complexity index is 1190. The molecule has 2 aliphatic heterocycles. The predicted octanol–water partition coefficient (Wildman–Crippen LogP) is 5.10. The molecule has 35 heavy (non-hydrogen) atoms. The average Bonchev–Trinajstić information content (AvgIpc) is 3.29. The van der Waals surface area contributed by atoms with Crippen LogP contribution in [0.4, 0.5) is 0 Å². The van der Waals surface area contributed by atoms with Crippen LogP contribution in [0.25, 0.3) is 0 Å². The number of thioether (sulfide) groups is 1. The van der Waals surface area contributed by atoms with Gasteiger partial charge in [-0.2, -0.15) is 0 Å². The molecule has 2 aromatic rings. The lowest BCUT2D eigenvalue weighted by Crippen LogP contribution is -2.38. The fourth-order valence-electron chi connectivity index (χ4n) is 4.30. The monoisotopic (exact) mass is 491 g/mol. The number of carbonyl (C=O) groups is 2. The first-order valence-corrected chi connectivity index (χ1v) is 12.4. The van der Waals surface area contributed by atoms with Crippen LogP contribution in [0.1, 0.15) is 49.9 Å². The zero-order chi connectivity index (χ0) is 24.9. The Hall–Kier alpha value is -3.52. The topological polar surface area (TPSA) is 80.2 Å². The summed E-state index contributed by atoms with van der Waals surface area (Å²) < 4.78 is 10.5. The molecule has 7 nitrogen and oxygen atoms in total. The lowest BCUT2D eigenvalue weighted by atomic mass is 9.92. The number of allylic oxidation sites excluding steroid dienone is 1. The van der Waals surface area contributed by atoms with Gasteiger partial charge < -0.3 is 19.7 Å². The van der Waals surface area contributed by atoms with Crippen molar-refractivity contribution in [2.24, 2.45) is 4.99 Å². The van der Waals surface area contributed by atoms with E-state index >= 15 is 0 Å². The number of methoxy groups -OCH3 is 2. The molecule has 0 unspecified atom stereocenters. The Labute approximate surface area is 209 Å². The Morgan fingerprint density at radius 3 is 2.46 bits per heavy atom. The minimum Gasteiger partial charge on any atom is -0.497 e. The highest BCUT2D eigenvalue weighted by molar-refractivity contribution is 8.16. The molecular weight excluding hydrogens is 462 g/mol. The number of hydrogen-bond acceptors (Lipinski definition) is 7. The van der Waals surface area contributed by atoms with E-state index < -0.39 is 12.0 Å². The van der Waals surface area contributed by atoms with E-state index in [1.165, 1.54) is 18.9 Å². The summed E-state index contributed by atoms with van der Waals surface area (Å²) in [6.45, 7) is 3.93. The number of hydrogen-bond donors (Lipinski definition) is 1. The van der Waals surface area contributed by atoms with Crippen LogP contribution >= 0.6 is 11.8 Å². The standard InChI is InChI=1S/C27H29N3O4S/c1-5-22-24(26(32)34-4)25(19-11-13-21(33-3)14-12-19)30-20(16-35-27(30)29-22)15-23(31)28-17(2)18-9-7-6-8-10-18/h6-14,16-17,25H,5,15H2,1-4H3,(H,28,31)/t17-,25+/m0/s1. The summed E-state index contributed by atoms with van der Waals surface area (Å²) in [7, 11) is 2.99. The predicted molar refractivity (Wildman–Crippen MR) is 138 cm³/mol. The summed E-state index contributed by atoms with van der Waals surface area (Å²) in [6.07, 6.45) is 0.741. The molecule has 0 fully saturated rings. The first kappa shape index (κ1) is 24.6. The van der Waals surface area contributed by atoms with Gasteiger partial charge in [-0.15, -0.1) is 0 Å². The third-order valence-electron chi connectivity index (χ3n) is 6.08. The highest BCUT2D eigenvalue weighted by Crippen LogP contribution is 2.45. The summed E-state index contributed by atoms with van der Waals surface area (Å²) in [5.74, 6) is 0.190. The highest BCUT2D eigenvalue weighted by Gasteiger charge is 2.41. The number of nitrogens with one attached hydrogen (secondary N) is 1.